The Kier molecular flexibility index (Phi) is 3.24. The van der Waals surface area contributed by atoms with Gasteiger partial charge in [-0.15, -0.1) is 0 Å². The van der Waals surface area contributed by atoms with Crippen molar-refractivity contribution in [3.05, 3.63) is 47.0 Å². The minimum absolute atomic E-state index is 0.0286. The molecular formula is C13H18N4. The summed E-state index contributed by atoms with van der Waals surface area (Å²) < 4.78 is 1.77. The van der Waals surface area contributed by atoms with Crippen LogP contribution in [0.1, 0.15) is 28.6 Å². The van der Waals surface area contributed by atoms with Gasteiger partial charge in [0.25, 0.3) is 0 Å². The molecule has 4 heteroatoms. The Labute approximate surface area is 101 Å². The van der Waals surface area contributed by atoms with Gasteiger partial charge in [-0.05, 0) is 30.5 Å². The summed E-state index contributed by atoms with van der Waals surface area (Å²) in [5.74, 6) is 0.917. The molecule has 2 aromatic rings. The van der Waals surface area contributed by atoms with E-state index in [-0.39, 0.29) is 6.04 Å². The van der Waals surface area contributed by atoms with Crippen molar-refractivity contribution in [2.75, 3.05) is 0 Å². The number of rotatable bonds is 3. The SMILES string of the molecule is Cc1cccc(C)c1C(N)Cc1ncnn1C. The fourth-order valence-electron chi connectivity index (χ4n) is 2.22. The highest BCUT2D eigenvalue weighted by Crippen LogP contribution is 2.22. The van der Waals surface area contributed by atoms with Crippen LogP contribution in [0.5, 0.6) is 0 Å². The van der Waals surface area contributed by atoms with Crippen LogP contribution < -0.4 is 5.73 Å². The first-order valence-corrected chi connectivity index (χ1v) is 5.74. The Morgan fingerprint density at radius 1 is 1.29 bits per heavy atom. The molecule has 0 spiro atoms. The van der Waals surface area contributed by atoms with E-state index in [0.29, 0.717) is 6.42 Å². The second-order valence-electron chi connectivity index (χ2n) is 4.42. The molecule has 0 radical (unpaired) electrons. The molecule has 0 saturated heterocycles. The molecule has 0 aliphatic rings. The molecule has 1 heterocycles. The van der Waals surface area contributed by atoms with E-state index in [9.17, 15) is 0 Å². The number of nitrogens with two attached hydrogens (primary N) is 1. The number of hydrogen-bond donors (Lipinski definition) is 1. The van der Waals surface area contributed by atoms with Gasteiger partial charge in [-0.2, -0.15) is 5.10 Å². The molecule has 0 fully saturated rings. The van der Waals surface area contributed by atoms with Crippen LogP contribution in [0.4, 0.5) is 0 Å². The number of hydrogen-bond acceptors (Lipinski definition) is 3. The highest BCUT2D eigenvalue weighted by Gasteiger charge is 2.14. The van der Waals surface area contributed by atoms with Crippen molar-refractivity contribution >= 4 is 0 Å². The van der Waals surface area contributed by atoms with Crippen LogP contribution in [0.3, 0.4) is 0 Å². The maximum absolute atomic E-state index is 6.28. The fourth-order valence-corrected chi connectivity index (χ4v) is 2.22. The van der Waals surface area contributed by atoms with Crippen LogP contribution in [0.15, 0.2) is 24.5 Å². The molecule has 0 amide bonds. The summed E-state index contributed by atoms with van der Waals surface area (Å²) in [6.07, 6.45) is 2.27. The highest BCUT2D eigenvalue weighted by molar-refractivity contribution is 5.36. The summed E-state index contributed by atoms with van der Waals surface area (Å²) in [6, 6.07) is 6.22. The Hall–Kier alpha value is -1.68. The predicted octanol–water partition coefficient (Wildman–Crippen LogP) is 1.67. The summed E-state index contributed by atoms with van der Waals surface area (Å²) >= 11 is 0. The first-order valence-electron chi connectivity index (χ1n) is 5.74. The Morgan fingerprint density at radius 3 is 2.47 bits per heavy atom. The first-order chi connectivity index (χ1) is 8.09. The number of aryl methyl sites for hydroxylation is 3. The van der Waals surface area contributed by atoms with Gasteiger partial charge in [-0.3, -0.25) is 4.68 Å². The van der Waals surface area contributed by atoms with E-state index in [1.807, 2.05) is 7.05 Å². The van der Waals surface area contributed by atoms with E-state index in [4.69, 9.17) is 5.73 Å². The standard InChI is InChI=1S/C13H18N4/c1-9-5-4-6-10(2)13(9)11(14)7-12-15-8-16-17(12)3/h4-6,8,11H,7,14H2,1-3H3. The number of benzene rings is 1. The van der Waals surface area contributed by atoms with Crippen molar-refractivity contribution in [2.24, 2.45) is 12.8 Å². The molecule has 0 aliphatic carbocycles. The first kappa shape index (κ1) is 11.8. The van der Waals surface area contributed by atoms with Gasteiger partial charge in [0.2, 0.25) is 0 Å². The van der Waals surface area contributed by atoms with Gasteiger partial charge >= 0.3 is 0 Å². The zero-order valence-electron chi connectivity index (χ0n) is 10.5. The third-order valence-corrected chi connectivity index (χ3v) is 3.12. The average molecular weight is 230 g/mol. The lowest BCUT2D eigenvalue weighted by Crippen LogP contribution is -2.18. The summed E-state index contributed by atoms with van der Waals surface area (Å²) in [6.45, 7) is 4.19. The molecule has 1 unspecified atom stereocenters. The second-order valence-corrected chi connectivity index (χ2v) is 4.42. The maximum atomic E-state index is 6.28. The van der Waals surface area contributed by atoms with Gasteiger partial charge in [-0.25, -0.2) is 4.98 Å². The molecule has 17 heavy (non-hydrogen) atoms. The Morgan fingerprint density at radius 2 is 1.94 bits per heavy atom. The number of nitrogens with zero attached hydrogens (tertiary/aromatic N) is 3. The third-order valence-electron chi connectivity index (χ3n) is 3.12. The van der Waals surface area contributed by atoms with Crippen LogP contribution in [-0.4, -0.2) is 14.8 Å². The molecule has 0 bridgehead atoms. The molecule has 0 aliphatic heterocycles. The van der Waals surface area contributed by atoms with Crippen molar-refractivity contribution in [1.29, 1.82) is 0 Å². The van der Waals surface area contributed by atoms with Crippen LogP contribution in [0, 0.1) is 13.8 Å². The lowest BCUT2D eigenvalue weighted by atomic mass is 9.94. The van der Waals surface area contributed by atoms with Gasteiger partial charge in [0, 0.05) is 19.5 Å². The van der Waals surface area contributed by atoms with E-state index in [0.717, 1.165) is 5.82 Å². The second kappa shape index (κ2) is 4.67. The molecule has 1 atom stereocenters. The summed E-state index contributed by atoms with van der Waals surface area (Å²) in [4.78, 5) is 4.21. The van der Waals surface area contributed by atoms with E-state index in [1.165, 1.54) is 16.7 Å². The maximum Gasteiger partial charge on any atom is 0.138 e. The molecule has 1 aromatic carbocycles. The van der Waals surface area contributed by atoms with E-state index in [2.05, 4.69) is 42.1 Å². The largest absolute Gasteiger partial charge is 0.324 e. The highest BCUT2D eigenvalue weighted by atomic mass is 15.3. The van der Waals surface area contributed by atoms with Crippen molar-refractivity contribution in [2.45, 2.75) is 26.3 Å². The summed E-state index contributed by atoms with van der Waals surface area (Å²) in [5.41, 5.74) is 9.97. The minimum Gasteiger partial charge on any atom is -0.324 e. The van der Waals surface area contributed by atoms with Crippen LogP contribution in [0.25, 0.3) is 0 Å². The van der Waals surface area contributed by atoms with Gasteiger partial charge in [-0.1, -0.05) is 18.2 Å². The van der Waals surface area contributed by atoms with E-state index < -0.39 is 0 Å². The molecule has 90 valence electrons. The predicted molar refractivity (Wildman–Crippen MR) is 67.6 cm³/mol. The van der Waals surface area contributed by atoms with Crippen LogP contribution >= 0.6 is 0 Å². The Bertz CT molecular complexity index is 496. The Balaban J connectivity index is 2.26. The average Bonchev–Trinajstić information content (AvgIpc) is 2.64. The zero-order valence-corrected chi connectivity index (χ0v) is 10.5. The topological polar surface area (TPSA) is 56.7 Å². The van der Waals surface area contributed by atoms with Crippen molar-refractivity contribution in [3.8, 4) is 0 Å². The molecular weight excluding hydrogens is 212 g/mol. The van der Waals surface area contributed by atoms with Crippen molar-refractivity contribution in [3.63, 3.8) is 0 Å². The van der Waals surface area contributed by atoms with Crippen molar-refractivity contribution in [1.82, 2.24) is 14.8 Å². The summed E-state index contributed by atoms with van der Waals surface area (Å²) in [5, 5.41) is 4.06. The normalized spacial score (nSPS) is 12.7. The quantitative estimate of drug-likeness (QED) is 0.872. The van der Waals surface area contributed by atoms with Gasteiger partial charge in [0.1, 0.15) is 12.2 Å². The summed E-state index contributed by atoms with van der Waals surface area (Å²) in [7, 11) is 1.89. The van der Waals surface area contributed by atoms with Gasteiger partial charge in [0.15, 0.2) is 0 Å². The monoisotopic (exact) mass is 230 g/mol. The van der Waals surface area contributed by atoms with Gasteiger partial charge < -0.3 is 5.73 Å². The molecule has 2 rings (SSSR count). The van der Waals surface area contributed by atoms with Crippen LogP contribution in [-0.2, 0) is 13.5 Å². The zero-order chi connectivity index (χ0) is 12.4. The van der Waals surface area contributed by atoms with Crippen LogP contribution in [0.2, 0.25) is 0 Å². The molecule has 1 aromatic heterocycles. The minimum atomic E-state index is -0.0286. The van der Waals surface area contributed by atoms with E-state index >= 15 is 0 Å². The lowest BCUT2D eigenvalue weighted by Gasteiger charge is -2.16. The van der Waals surface area contributed by atoms with E-state index in [1.54, 1.807) is 11.0 Å². The molecule has 4 nitrogen and oxygen atoms in total. The molecule has 0 saturated carbocycles. The van der Waals surface area contributed by atoms with Crippen molar-refractivity contribution < 1.29 is 0 Å². The fraction of sp³-hybridized carbons (Fsp3) is 0.385. The lowest BCUT2D eigenvalue weighted by molar-refractivity contribution is 0.625. The smallest absolute Gasteiger partial charge is 0.138 e. The third kappa shape index (κ3) is 2.36. The van der Waals surface area contributed by atoms with Gasteiger partial charge in [0.05, 0.1) is 0 Å². The molecule has 2 N–H and O–H groups in total. The number of aromatic nitrogens is 3.